The Morgan fingerprint density at radius 2 is 0.941 bits per heavy atom. The van der Waals surface area contributed by atoms with Gasteiger partial charge >= 0.3 is 36.6 Å². The van der Waals surface area contributed by atoms with Crippen LogP contribution in [0.4, 0.5) is 39.5 Å². The third-order valence-corrected chi connectivity index (χ3v) is 11.4. The summed E-state index contributed by atoms with van der Waals surface area (Å²) in [5, 5.41) is 0. The number of rotatable bonds is 14. The summed E-state index contributed by atoms with van der Waals surface area (Å²) >= 11 is 0. The van der Waals surface area contributed by atoms with Crippen molar-refractivity contribution in [1.29, 1.82) is 0 Å². The van der Waals surface area contributed by atoms with Gasteiger partial charge in [-0.1, -0.05) is 46.0 Å². The Kier molecular flexibility index (Phi) is 21.1. The standard InChI is InChI=1S/C12H23N2.C8H15N2.C2HF6NO4S2.C2H3F3NO4S2/c1-3-4-5-6-7-8-9-14-11-10-13(2)12-14;1-3-4-5-10-7-6-9(2)8-10;3-1(4,5)14(10,11)9-15(12,13)2(6,7)8;1-11(7,8)6-12(9,10)2(3,4)5/h10-12H,3-9H2,1-2H3;6-8H,3-5H2,1-2H3;9H;1H3/q2*+1;;-1/p+1. The van der Waals surface area contributed by atoms with E-state index in [1.807, 2.05) is 7.05 Å². The largest absolute Gasteiger partial charge is 0.550 e. The third-order valence-electron chi connectivity index (χ3n) is 5.61. The fraction of sp³-hybridized carbons (Fsp3) is 0.750. The lowest BCUT2D eigenvalue weighted by Crippen LogP contribution is -2.94. The maximum absolute atomic E-state index is 11.5. The maximum atomic E-state index is 11.5. The average Bonchev–Trinajstić information content (AvgIpc) is 3.54. The molecule has 302 valence electrons. The molecule has 0 spiro atoms. The van der Waals surface area contributed by atoms with Crippen molar-refractivity contribution in [3.8, 4) is 0 Å². The first kappa shape index (κ1) is 50.6. The topological polar surface area (TPSA) is 185 Å². The summed E-state index contributed by atoms with van der Waals surface area (Å²) < 4.78 is 192. The highest BCUT2D eigenvalue weighted by atomic mass is 32.3. The predicted octanol–water partition coefficient (Wildman–Crippen LogP) is 3.20. The van der Waals surface area contributed by atoms with Crippen LogP contribution in [0.5, 0.6) is 0 Å². The zero-order valence-corrected chi connectivity index (χ0v) is 31.4. The molecule has 0 amide bonds. The first-order valence-electron chi connectivity index (χ1n) is 14.6. The van der Waals surface area contributed by atoms with Gasteiger partial charge in [0.1, 0.15) is 24.8 Å². The lowest BCUT2D eigenvalue weighted by molar-refractivity contribution is -0.671. The molecular formula is C24H43F9N6O8S4+2. The van der Waals surface area contributed by atoms with Gasteiger partial charge in [0.25, 0.3) is 0 Å². The quantitative estimate of drug-likeness (QED) is 0.171. The van der Waals surface area contributed by atoms with Crippen molar-refractivity contribution in [2.45, 2.75) is 94.8 Å². The Morgan fingerprint density at radius 1 is 0.588 bits per heavy atom. The van der Waals surface area contributed by atoms with E-state index in [4.69, 9.17) is 0 Å². The van der Waals surface area contributed by atoms with Crippen molar-refractivity contribution in [3.05, 3.63) is 41.6 Å². The number of halogens is 9. The number of unbranched alkanes of at least 4 members (excludes halogenated alkanes) is 6. The molecule has 0 unspecified atom stereocenters. The van der Waals surface area contributed by atoms with Gasteiger partial charge in [-0.3, -0.25) is 0 Å². The first-order chi connectivity index (χ1) is 22.8. The van der Waals surface area contributed by atoms with E-state index in [1.165, 1.54) is 57.9 Å². The number of hydrogen-bond acceptors (Lipinski definition) is 8. The number of nitrogens with two attached hydrogens (primary N) is 1. The number of hydrogen-bond donors (Lipinski definition) is 1. The number of alkyl halides is 9. The summed E-state index contributed by atoms with van der Waals surface area (Å²) in [5.74, 6) is 0. The number of sulfonamides is 4. The Hall–Kier alpha value is -2.49. The Bertz CT molecular complexity index is 1700. The molecule has 2 aromatic rings. The van der Waals surface area contributed by atoms with Crippen molar-refractivity contribution >= 4 is 40.1 Å². The molecule has 0 aliphatic carbocycles. The van der Waals surface area contributed by atoms with Gasteiger partial charge < -0.3 is 4.13 Å². The molecule has 0 fully saturated rings. The van der Waals surface area contributed by atoms with E-state index in [9.17, 15) is 73.2 Å². The molecular weight excluding hydrogens is 800 g/mol. The van der Waals surface area contributed by atoms with Crippen LogP contribution in [0.1, 0.15) is 65.2 Å². The minimum atomic E-state index is -6.47. The van der Waals surface area contributed by atoms with Gasteiger partial charge in [0.2, 0.25) is 12.7 Å². The van der Waals surface area contributed by atoms with Crippen LogP contribution in [0.3, 0.4) is 0 Å². The minimum absolute atomic E-state index is 0.246. The van der Waals surface area contributed by atoms with Crippen LogP contribution >= 0.6 is 0 Å². The molecule has 0 radical (unpaired) electrons. The van der Waals surface area contributed by atoms with Crippen molar-refractivity contribution in [2.75, 3.05) is 6.26 Å². The molecule has 2 heterocycles. The number of aryl methyl sites for hydroxylation is 4. The summed E-state index contributed by atoms with van der Waals surface area (Å²) in [6.07, 6.45) is 23.7. The van der Waals surface area contributed by atoms with Gasteiger partial charge in [-0.2, -0.15) is 56.3 Å². The third kappa shape index (κ3) is 22.2. The molecule has 0 aromatic carbocycles. The van der Waals surface area contributed by atoms with E-state index < -0.39 is 60.7 Å². The molecule has 51 heavy (non-hydrogen) atoms. The highest BCUT2D eigenvalue weighted by molar-refractivity contribution is 8.12. The zero-order valence-electron chi connectivity index (χ0n) is 28.1. The molecule has 27 heteroatoms. The molecule has 0 aliphatic heterocycles. The van der Waals surface area contributed by atoms with Crippen molar-refractivity contribution in [2.24, 2.45) is 14.1 Å². The van der Waals surface area contributed by atoms with Gasteiger partial charge in [0.05, 0.1) is 37.2 Å². The number of quaternary nitrogens is 1. The summed E-state index contributed by atoms with van der Waals surface area (Å²) in [5.41, 5.74) is -17.9. The summed E-state index contributed by atoms with van der Waals surface area (Å²) in [7, 11) is -19.3. The van der Waals surface area contributed by atoms with E-state index >= 15 is 0 Å². The van der Waals surface area contributed by atoms with Crippen LogP contribution in [0.15, 0.2) is 37.4 Å². The molecule has 2 aromatic heterocycles. The lowest BCUT2D eigenvalue weighted by atomic mass is 10.1. The van der Waals surface area contributed by atoms with Crippen LogP contribution in [0.25, 0.3) is 4.13 Å². The molecule has 0 saturated heterocycles. The molecule has 0 bridgehead atoms. The summed E-state index contributed by atoms with van der Waals surface area (Å²) in [6, 6.07) is 0. The number of aromatic nitrogens is 4. The number of imidazole rings is 2. The summed E-state index contributed by atoms with van der Waals surface area (Å²) in [6.45, 7) is 6.80. The van der Waals surface area contributed by atoms with E-state index in [1.54, 1.807) is 4.13 Å². The molecule has 0 atom stereocenters. The van der Waals surface area contributed by atoms with Crippen LogP contribution in [0.2, 0.25) is 0 Å². The Balaban J connectivity index is 0. The highest BCUT2D eigenvalue weighted by Crippen LogP contribution is 2.29. The predicted molar refractivity (Wildman–Crippen MR) is 165 cm³/mol. The molecule has 0 aliphatic rings. The van der Waals surface area contributed by atoms with Gasteiger partial charge in [-0.25, -0.2) is 35.1 Å². The highest BCUT2D eigenvalue weighted by Gasteiger charge is 2.59. The monoisotopic (exact) mass is 842 g/mol. The SMILES string of the molecule is CCCCCCCCn1cc[n+](C)c1.CCCCn1cc[n+](C)c1.CS(=O)(=O)[N-]S(=O)(=O)C(F)(F)F.O=S(=O)([NH2+]S(=O)(=O)C(F)(F)F)C(F)(F)F. The van der Waals surface area contributed by atoms with Crippen molar-refractivity contribution in [1.82, 2.24) is 9.13 Å². The fourth-order valence-corrected chi connectivity index (χ4v) is 7.15. The lowest BCUT2D eigenvalue weighted by Gasteiger charge is -2.19. The van der Waals surface area contributed by atoms with Gasteiger partial charge in [0, 0.05) is 6.26 Å². The van der Waals surface area contributed by atoms with E-state index in [2.05, 4.69) is 76.6 Å². The van der Waals surface area contributed by atoms with Crippen LogP contribution in [0, 0.1) is 0 Å². The second-order valence-corrected chi connectivity index (χ2v) is 17.9. The van der Waals surface area contributed by atoms with Gasteiger partial charge in [0.15, 0.2) is 10.0 Å². The van der Waals surface area contributed by atoms with Crippen LogP contribution in [-0.2, 0) is 67.3 Å². The fourth-order valence-electron chi connectivity index (χ4n) is 3.18. The molecule has 0 saturated carbocycles. The van der Waals surface area contributed by atoms with Gasteiger partial charge in [-0.15, -0.1) is 4.13 Å². The maximum Gasteiger partial charge on any atom is 0.550 e. The van der Waals surface area contributed by atoms with E-state index in [0.717, 1.165) is 6.54 Å². The van der Waals surface area contributed by atoms with E-state index in [0.29, 0.717) is 0 Å². The number of nitrogens with zero attached hydrogens (tertiary/aromatic N) is 5. The minimum Gasteiger partial charge on any atom is -0.429 e. The van der Waals surface area contributed by atoms with Crippen LogP contribution in [-0.4, -0.2) is 65.6 Å². The zero-order chi connectivity index (χ0) is 40.5. The van der Waals surface area contributed by atoms with Gasteiger partial charge in [-0.05, 0) is 19.3 Å². The van der Waals surface area contributed by atoms with Crippen molar-refractivity contribution < 1.29 is 86.4 Å². The molecule has 2 rings (SSSR count). The smallest absolute Gasteiger partial charge is 0.429 e. The number of primary sulfonamides is 2. The van der Waals surface area contributed by atoms with Crippen LogP contribution < -0.4 is 13.3 Å². The average molecular weight is 843 g/mol. The summed E-state index contributed by atoms with van der Waals surface area (Å²) in [4.78, 5) is 0. The normalized spacial score (nSPS) is 12.9. The van der Waals surface area contributed by atoms with Crippen molar-refractivity contribution in [3.63, 3.8) is 0 Å². The Labute approximate surface area is 291 Å². The second-order valence-electron chi connectivity index (χ2n) is 10.6. The molecule has 2 N–H and O–H groups in total. The van der Waals surface area contributed by atoms with E-state index in [-0.39, 0.29) is 6.26 Å². The second kappa shape index (κ2) is 21.3. The first-order valence-corrected chi connectivity index (χ1v) is 20.9. The Morgan fingerprint density at radius 3 is 1.22 bits per heavy atom. The molecule has 14 nitrogen and oxygen atoms in total.